The van der Waals surface area contributed by atoms with Crippen molar-refractivity contribution in [3.05, 3.63) is 65.5 Å². The summed E-state index contributed by atoms with van der Waals surface area (Å²) in [7, 11) is 1.71. The van der Waals surface area contributed by atoms with E-state index in [-0.39, 0.29) is 12.2 Å². The van der Waals surface area contributed by atoms with Gasteiger partial charge in [0.1, 0.15) is 12.2 Å². The van der Waals surface area contributed by atoms with Gasteiger partial charge >= 0.3 is 5.97 Å². The minimum Gasteiger partial charge on any atom is -0.461 e. The van der Waals surface area contributed by atoms with Crippen LogP contribution in [0.15, 0.2) is 53.3 Å². The molecule has 1 N–H and O–H groups in total. The van der Waals surface area contributed by atoms with Crippen molar-refractivity contribution in [1.82, 2.24) is 19.6 Å². The number of fused-ring (bicyclic) bond motifs is 1. The Bertz CT molecular complexity index is 1080. The van der Waals surface area contributed by atoms with Gasteiger partial charge in [-0.15, -0.1) is 5.10 Å². The Morgan fingerprint density at radius 3 is 2.78 bits per heavy atom. The van der Waals surface area contributed by atoms with Crippen LogP contribution in [0.1, 0.15) is 21.5 Å². The number of esters is 1. The van der Waals surface area contributed by atoms with Crippen molar-refractivity contribution in [3.63, 3.8) is 0 Å². The Morgan fingerprint density at radius 2 is 2.07 bits per heavy atom. The summed E-state index contributed by atoms with van der Waals surface area (Å²) < 4.78 is 12.2. The predicted molar refractivity (Wildman–Crippen MR) is 98.3 cm³/mol. The Hall–Kier alpha value is -3.68. The molecule has 0 aliphatic carbocycles. The highest BCUT2D eigenvalue weighted by molar-refractivity contribution is 5.96. The number of hydrogen-bond acceptors (Lipinski definition) is 7. The maximum absolute atomic E-state index is 12.6. The number of benzene rings is 1. The Morgan fingerprint density at radius 1 is 1.26 bits per heavy atom. The summed E-state index contributed by atoms with van der Waals surface area (Å²) in [4.78, 5) is 21.3. The third-order valence-corrected chi connectivity index (χ3v) is 4.04. The Labute approximate surface area is 154 Å². The summed E-state index contributed by atoms with van der Waals surface area (Å²) in [5.41, 5.74) is 2.62. The lowest BCUT2D eigenvalue weighted by molar-refractivity contribution is 0.0474. The number of hydrogen-bond donors (Lipinski definition) is 1. The number of rotatable bonds is 5. The zero-order chi connectivity index (χ0) is 18.8. The molecule has 3 aromatic heterocycles. The van der Waals surface area contributed by atoms with Crippen LogP contribution in [0, 0.1) is 6.92 Å². The van der Waals surface area contributed by atoms with Crippen LogP contribution >= 0.6 is 0 Å². The second-order valence-electron chi connectivity index (χ2n) is 5.96. The first kappa shape index (κ1) is 16.8. The van der Waals surface area contributed by atoms with E-state index in [0.717, 1.165) is 11.1 Å². The second-order valence-corrected chi connectivity index (χ2v) is 5.96. The van der Waals surface area contributed by atoms with E-state index in [1.807, 2.05) is 31.2 Å². The average molecular weight is 363 g/mol. The van der Waals surface area contributed by atoms with Crippen LogP contribution in [0.25, 0.3) is 17.2 Å². The van der Waals surface area contributed by atoms with Crippen molar-refractivity contribution in [1.29, 1.82) is 0 Å². The van der Waals surface area contributed by atoms with Crippen LogP contribution in [0.4, 0.5) is 5.95 Å². The lowest BCUT2D eigenvalue weighted by Crippen LogP contribution is -2.11. The average Bonchev–Trinajstić information content (AvgIpc) is 3.36. The van der Waals surface area contributed by atoms with Gasteiger partial charge in [-0.2, -0.15) is 4.52 Å². The van der Waals surface area contributed by atoms with E-state index in [0.29, 0.717) is 23.2 Å². The largest absolute Gasteiger partial charge is 0.461 e. The zero-order valence-electron chi connectivity index (χ0n) is 14.8. The minimum absolute atomic E-state index is 0.165. The van der Waals surface area contributed by atoms with Gasteiger partial charge in [-0.3, -0.25) is 0 Å². The molecule has 0 atom stereocenters. The molecule has 8 nitrogen and oxygen atoms in total. The van der Waals surface area contributed by atoms with Crippen molar-refractivity contribution in [3.8, 4) is 11.6 Å². The highest BCUT2D eigenvalue weighted by atomic mass is 16.5. The standard InChI is InChI=1S/C19H17N5O3/c1-12-5-7-13(8-6-12)11-27-18(25)14-10-21-19(20-2)24-17(14)22-16(23-24)15-4-3-9-26-15/h3-10H,11H2,1-2H3,(H,20,21). The van der Waals surface area contributed by atoms with E-state index in [1.54, 1.807) is 19.2 Å². The molecule has 0 saturated carbocycles. The van der Waals surface area contributed by atoms with Crippen molar-refractivity contribution >= 4 is 17.6 Å². The van der Waals surface area contributed by atoms with Gasteiger partial charge in [0.05, 0.1) is 6.26 Å². The van der Waals surface area contributed by atoms with Crippen molar-refractivity contribution in [2.75, 3.05) is 12.4 Å². The number of anilines is 1. The molecule has 0 bridgehead atoms. The number of nitrogens with zero attached hydrogens (tertiary/aromatic N) is 4. The van der Waals surface area contributed by atoms with Crippen LogP contribution in [-0.2, 0) is 11.3 Å². The van der Waals surface area contributed by atoms with Gasteiger partial charge < -0.3 is 14.5 Å². The molecule has 0 unspecified atom stereocenters. The molecule has 0 spiro atoms. The molecular weight excluding hydrogens is 346 g/mol. The van der Waals surface area contributed by atoms with E-state index in [4.69, 9.17) is 9.15 Å². The van der Waals surface area contributed by atoms with Crippen LogP contribution in [0.3, 0.4) is 0 Å². The normalized spacial score (nSPS) is 10.9. The molecule has 0 saturated heterocycles. The fraction of sp³-hybridized carbons (Fsp3) is 0.158. The number of carbonyl (C=O) groups is 1. The lowest BCUT2D eigenvalue weighted by atomic mass is 10.2. The summed E-state index contributed by atoms with van der Waals surface area (Å²) in [5.74, 6) is 0.788. The smallest absolute Gasteiger partial charge is 0.343 e. The van der Waals surface area contributed by atoms with Crippen LogP contribution in [0.5, 0.6) is 0 Å². The highest BCUT2D eigenvalue weighted by Crippen LogP contribution is 2.21. The van der Waals surface area contributed by atoms with Crippen LogP contribution in [-0.4, -0.2) is 32.6 Å². The van der Waals surface area contributed by atoms with Crippen LogP contribution in [0.2, 0.25) is 0 Å². The van der Waals surface area contributed by atoms with Crippen molar-refractivity contribution in [2.24, 2.45) is 0 Å². The fourth-order valence-electron chi connectivity index (χ4n) is 2.61. The van der Waals surface area contributed by atoms with Gasteiger partial charge in [-0.1, -0.05) is 29.8 Å². The maximum Gasteiger partial charge on any atom is 0.343 e. The first-order valence-corrected chi connectivity index (χ1v) is 8.36. The van der Waals surface area contributed by atoms with Gasteiger partial charge in [0, 0.05) is 13.2 Å². The summed E-state index contributed by atoms with van der Waals surface area (Å²) in [6.07, 6.45) is 2.97. The van der Waals surface area contributed by atoms with Crippen LogP contribution < -0.4 is 5.32 Å². The SMILES string of the molecule is CNc1ncc(C(=O)OCc2ccc(C)cc2)c2nc(-c3ccco3)nn12. The zero-order valence-corrected chi connectivity index (χ0v) is 14.8. The molecule has 136 valence electrons. The fourth-order valence-corrected chi connectivity index (χ4v) is 2.61. The van der Waals surface area contributed by atoms with Crippen molar-refractivity contribution < 1.29 is 13.9 Å². The topological polar surface area (TPSA) is 94.5 Å². The molecule has 0 amide bonds. The first-order valence-electron chi connectivity index (χ1n) is 8.36. The molecule has 4 rings (SSSR count). The van der Waals surface area contributed by atoms with Gasteiger partial charge in [0.25, 0.3) is 0 Å². The van der Waals surface area contributed by atoms with E-state index in [1.165, 1.54) is 17.0 Å². The monoisotopic (exact) mass is 363 g/mol. The number of aryl methyl sites for hydroxylation is 1. The maximum atomic E-state index is 12.6. The molecule has 3 heterocycles. The molecule has 0 aliphatic heterocycles. The van der Waals surface area contributed by atoms with E-state index in [9.17, 15) is 4.79 Å². The second kappa shape index (κ2) is 6.91. The molecule has 8 heteroatoms. The molecule has 0 radical (unpaired) electrons. The van der Waals surface area contributed by atoms with E-state index in [2.05, 4.69) is 20.4 Å². The third-order valence-electron chi connectivity index (χ3n) is 4.04. The molecule has 27 heavy (non-hydrogen) atoms. The molecule has 1 aromatic carbocycles. The molecule has 0 aliphatic rings. The number of aromatic nitrogens is 4. The van der Waals surface area contributed by atoms with Gasteiger partial charge in [-0.25, -0.2) is 14.8 Å². The first-order chi connectivity index (χ1) is 13.2. The lowest BCUT2D eigenvalue weighted by Gasteiger charge is -2.07. The number of ether oxygens (including phenoxy) is 1. The van der Waals surface area contributed by atoms with Gasteiger partial charge in [0.2, 0.25) is 11.8 Å². The highest BCUT2D eigenvalue weighted by Gasteiger charge is 2.20. The van der Waals surface area contributed by atoms with E-state index < -0.39 is 5.97 Å². The number of carbonyl (C=O) groups excluding carboxylic acids is 1. The predicted octanol–water partition coefficient (Wildman–Crippen LogP) is 3.09. The Kier molecular flexibility index (Phi) is 4.29. The van der Waals surface area contributed by atoms with Gasteiger partial charge in [-0.05, 0) is 24.6 Å². The summed E-state index contributed by atoms with van der Waals surface area (Å²) in [6.45, 7) is 2.17. The quantitative estimate of drug-likeness (QED) is 0.544. The third kappa shape index (κ3) is 3.24. The number of nitrogens with one attached hydrogen (secondary N) is 1. The number of furan rings is 1. The Balaban J connectivity index is 1.66. The minimum atomic E-state index is -0.519. The molecule has 4 aromatic rings. The molecule has 0 fully saturated rings. The summed E-state index contributed by atoms with van der Waals surface area (Å²) >= 11 is 0. The summed E-state index contributed by atoms with van der Waals surface area (Å²) in [6, 6.07) is 11.3. The summed E-state index contributed by atoms with van der Waals surface area (Å²) in [5, 5.41) is 7.30. The van der Waals surface area contributed by atoms with Gasteiger partial charge in [0.15, 0.2) is 11.4 Å². The molecular formula is C19H17N5O3. The van der Waals surface area contributed by atoms with E-state index >= 15 is 0 Å². The van der Waals surface area contributed by atoms with Crippen molar-refractivity contribution in [2.45, 2.75) is 13.5 Å².